The summed E-state index contributed by atoms with van der Waals surface area (Å²) in [5.74, 6) is -0.164. The maximum atomic E-state index is 12.4. The van der Waals surface area contributed by atoms with Gasteiger partial charge >= 0.3 is 0 Å². The zero-order chi connectivity index (χ0) is 14.5. The van der Waals surface area contributed by atoms with Gasteiger partial charge in [-0.3, -0.25) is 14.4 Å². The van der Waals surface area contributed by atoms with E-state index in [1.807, 2.05) is 30.3 Å². The summed E-state index contributed by atoms with van der Waals surface area (Å²) in [7, 11) is 3.02. The van der Waals surface area contributed by atoms with Crippen molar-refractivity contribution in [3.05, 3.63) is 35.9 Å². The quantitative estimate of drug-likeness (QED) is 0.777. The van der Waals surface area contributed by atoms with E-state index in [-0.39, 0.29) is 11.8 Å². The number of hydrogen-bond donors (Lipinski definition) is 0. The van der Waals surface area contributed by atoms with Gasteiger partial charge in [0.2, 0.25) is 5.91 Å². The monoisotopic (exact) mass is 276 g/mol. The minimum absolute atomic E-state index is 0.00319. The zero-order valence-corrected chi connectivity index (χ0v) is 11.9. The van der Waals surface area contributed by atoms with Crippen LogP contribution in [0.15, 0.2) is 30.3 Å². The number of rotatable bonds is 4. The fraction of sp³-hybridized carbons (Fsp3) is 0.467. The Morgan fingerprint density at radius 2 is 2.05 bits per heavy atom. The predicted octanol–water partition coefficient (Wildman–Crippen LogP) is 1.24. The van der Waals surface area contributed by atoms with E-state index in [1.54, 1.807) is 11.9 Å². The summed E-state index contributed by atoms with van der Waals surface area (Å²) in [5.41, 5.74) is 0.968. The van der Waals surface area contributed by atoms with Crippen LogP contribution in [0.4, 0.5) is 0 Å². The van der Waals surface area contributed by atoms with Crippen LogP contribution in [0.2, 0.25) is 0 Å². The molecule has 2 amide bonds. The smallest absolute Gasteiger partial charge is 0.268 e. The molecule has 0 saturated carbocycles. The summed E-state index contributed by atoms with van der Waals surface area (Å²) < 4.78 is 0. The second kappa shape index (κ2) is 6.52. The third-order valence-electron chi connectivity index (χ3n) is 3.64. The molecular weight excluding hydrogens is 256 g/mol. The normalized spacial score (nSPS) is 18.1. The Bertz CT molecular complexity index is 475. The molecular formula is C15H20N2O3. The molecule has 0 aromatic heterocycles. The van der Waals surface area contributed by atoms with Gasteiger partial charge in [0.05, 0.1) is 13.5 Å². The van der Waals surface area contributed by atoms with Gasteiger partial charge in [-0.2, -0.15) is 0 Å². The van der Waals surface area contributed by atoms with Crippen LogP contribution in [0.5, 0.6) is 0 Å². The molecule has 1 heterocycles. The molecule has 5 nitrogen and oxygen atoms in total. The average molecular weight is 276 g/mol. The summed E-state index contributed by atoms with van der Waals surface area (Å²) in [4.78, 5) is 31.1. The lowest BCUT2D eigenvalue weighted by molar-refractivity contribution is -0.175. The SMILES string of the molecule is CON(C)C(=O)C1CCCN1C(=O)Cc1ccccc1. The Kier molecular flexibility index (Phi) is 4.74. The Morgan fingerprint density at radius 1 is 1.35 bits per heavy atom. The standard InChI is InChI=1S/C15H20N2O3/c1-16(20-2)15(19)13-9-6-10-17(13)14(18)11-12-7-4-3-5-8-12/h3-5,7-8,13H,6,9-11H2,1-2H3. The van der Waals surface area contributed by atoms with Crippen molar-refractivity contribution in [3.63, 3.8) is 0 Å². The van der Waals surface area contributed by atoms with Gasteiger partial charge in [-0.15, -0.1) is 0 Å². The summed E-state index contributed by atoms with van der Waals surface area (Å²) >= 11 is 0. The largest absolute Gasteiger partial charge is 0.330 e. The van der Waals surface area contributed by atoms with Crippen molar-refractivity contribution in [1.29, 1.82) is 0 Å². The van der Waals surface area contributed by atoms with E-state index in [4.69, 9.17) is 4.84 Å². The van der Waals surface area contributed by atoms with E-state index in [1.165, 1.54) is 12.2 Å². The highest BCUT2D eigenvalue weighted by Crippen LogP contribution is 2.20. The number of amides is 2. The van der Waals surface area contributed by atoms with Crippen LogP contribution in [-0.4, -0.2) is 48.5 Å². The summed E-state index contributed by atoms with van der Waals surface area (Å²) in [6.07, 6.45) is 1.89. The van der Waals surface area contributed by atoms with E-state index in [0.717, 1.165) is 12.0 Å². The van der Waals surface area contributed by atoms with Crippen LogP contribution < -0.4 is 0 Å². The summed E-state index contributed by atoms with van der Waals surface area (Å²) in [5, 5.41) is 1.19. The van der Waals surface area contributed by atoms with Gasteiger partial charge in [-0.25, -0.2) is 5.06 Å². The molecule has 0 bridgehead atoms. The maximum Gasteiger partial charge on any atom is 0.268 e. The molecule has 0 N–H and O–H groups in total. The van der Waals surface area contributed by atoms with Crippen LogP contribution in [-0.2, 0) is 20.8 Å². The molecule has 20 heavy (non-hydrogen) atoms. The Morgan fingerprint density at radius 3 is 2.70 bits per heavy atom. The highest BCUT2D eigenvalue weighted by molar-refractivity contribution is 5.88. The second-order valence-corrected chi connectivity index (χ2v) is 4.93. The minimum atomic E-state index is -0.392. The highest BCUT2D eigenvalue weighted by atomic mass is 16.7. The van der Waals surface area contributed by atoms with Crippen molar-refractivity contribution in [2.24, 2.45) is 0 Å². The Labute approximate surface area is 119 Å². The van der Waals surface area contributed by atoms with Crippen molar-refractivity contribution in [1.82, 2.24) is 9.96 Å². The third-order valence-corrected chi connectivity index (χ3v) is 3.64. The van der Waals surface area contributed by atoms with Gasteiger partial charge in [0, 0.05) is 13.6 Å². The number of carbonyl (C=O) groups excluding carboxylic acids is 2. The predicted molar refractivity (Wildman–Crippen MR) is 74.7 cm³/mol. The first-order chi connectivity index (χ1) is 9.63. The molecule has 0 spiro atoms. The molecule has 1 fully saturated rings. The van der Waals surface area contributed by atoms with Crippen molar-refractivity contribution < 1.29 is 14.4 Å². The van der Waals surface area contributed by atoms with Gasteiger partial charge in [-0.1, -0.05) is 30.3 Å². The molecule has 1 unspecified atom stereocenters. The lowest BCUT2D eigenvalue weighted by Gasteiger charge is -2.26. The van der Waals surface area contributed by atoms with E-state index in [0.29, 0.717) is 19.4 Å². The molecule has 0 radical (unpaired) electrons. The Balaban J connectivity index is 2.03. The molecule has 1 aromatic carbocycles. The van der Waals surface area contributed by atoms with E-state index >= 15 is 0 Å². The molecule has 0 aliphatic carbocycles. The van der Waals surface area contributed by atoms with Gasteiger partial charge in [0.25, 0.3) is 5.91 Å². The molecule has 1 aromatic rings. The average Bonchev–Trinajstić information content (AvgIpc) is 2.96. The van der Waals surface area contributed by atoms with E-state index in [9.17, 15) is 9.59 Å². The lowest BCUT2D eigenvalue weighted by Crippen LogP contribution is -2.46. The Hall–Kier alpha value is -1.88. The maximum absolute atomic E-state index is 12.4. The molecule has 5 heteroatoms. The van der Waals surface area contributed by atoms with Crippen molar-refractivity contribution in [3.8, 4) is 0 Å². The first-order valence-corrected chi connectivity index (χ1v) is 6.78. The molecule has 1 saturated heterocycles. The second-order valence-electron chi connectivity index (χ2n) is 4.93. The summed E-state index contributed by atoms with van der Waals surface area (Å²) in [6, 6.07) is 9.19. The fourth-order valence-electron chi connectivity index (χ4n) is 2.49. The first-order valence-electron chi connectivity index (χ1n) is 6.78. The van der Waals surface area contributed by atoms with Gasteiger partial charge < -0.3 is 4.90 Å². The number of nitrogens with zero attached hydrogens (tertiary/aromatic N) is 2. The van der Waals surface area contributed by atoms with Crippen LogP contribution >= 0.6 is 0 Å². The van der Waals surface area contributed by atoms with Gasteiger partial charge in [0.1, 0.15) is 6.04 Å². The molecule has 1 aliphatic heterocycles. The van der Waals surface area contributed by atoms with Crippen molar-refractivity contribution in [2.75, 3.05) is 20.7 Å². The number of benzene rings is 1. The highest BCUT2D eigenvalue weighted by Gasteiger charge is 2.35. The molecule has 1 aliphatic rings. The molecule has 1 atom stereocenters. The number of hydrogen-bond acceptors (Lipinski definition) is 3. The van der Waals surface area contributed by atoms with Crippen LogP contribution in [0, 0.1) is 0 Å². The van der Waals surface area contributed by atoms with Crippen LogP contribution in [0.1, 0.15) is 18.4 Å². The third kappa shape index (κ3) is 3.17. The number of likely N-dealkylation sites (tertiary alicyclic amines) is 1. The summed E-state index contributed by atoms with van der Waals surface area (Å²) in [6.45, 7) is 0.639. The minimum Gasteiger partial charge on any atom is -0.330 e. The fourth-order valence-corrected chi connectivity index (χ4v) is 2.49. The van der Waals surface area contributed by atoms with Crippen LogP contribution in [0.3, 0.4) is 0 Å². The number of carbonyl (C=O) groups is 2. The molecule has 108 valence electrons. The van der Waals surface area contributed by atoms with Crippen LogP contribution in [0.25, 0.3) is 0 Å². The molecule has 2 rings (SSSR count). The van der Waals surface area contributed by atoms with E-state index < -0.39 is 6.04 Å². The van der Waals surface area contributed by atoms with Crippen molar-refractivity contribution >= 4 is 11.8 Å². The topological polar surface area (TPSA) is 49.9 Å². The van der Waals surface area contributed by atoms with Gasteiger partial charge in [0.15, 0.2) is 0 Å². The zero-order valence-electron chi connectivity index (χ0n) is 11.9. The van der Waals surface area contributed by atoms with E-state index in [2.05, 4.69) is 0 Å². The van der Waals surface area contributed by atoms with Gasteiger partial charge in [-0.05, 0) is 18.4 Å². The van der Waals surface area contributed by atoms with Crippen molar-refractivity contribution in [2.45, 2.75) is 25.3 Å². The number of likely N-dealkylation sites (N-methyl/N-ethyl adjacent to an activating group) is 1. The lowest BCUT2D eigenvalue weighted by atomic mass is 10.1. The number of hydroxylamine groups is 2. The first kappa shape index (κ1) is 14.5.